The van der Waals surface area contributed by atoms with E-state index in [0.717, 1.165) is 17.8 Å². The molecule has 1 heterocycles. The summed E-state index contributed by atoms with van der Waals surface area (Å²) in [7, 11) is 0. The Morgan fingerprint density at radius 3 is 2.65 bits per heavy atom. The van der Waals surface area contributed by atoms with Crippen molar-refractivity contribution in [2.45, 2.75) is 17.0 Å². The highest BCUT2D eigenvalue weighted by Gasteiger charge is 2.19. The van der Waals surface area contributed by atoms with Crippen molar-refractivity contribution >= 4 is 23.4 Å². The van der Waals surface area contributed by atoms with Crippen LogP contribution >= 0.6 is 11.8 Å². The predicted molar refractivity (Wildman–Crippen MR) is 70.6 cm³/mol. The molecule has 9 nitrogen and oxygen atoms in total. The third-order valence-electron chi connectivity index (χ3n) is 2.48. The average Bonchev–Trinajstić information content (AvgIpc) is 2.70. The number of hydrogen-bond acceptors (Lipinski definition) is 7. The van der Waals surface area contributed by atoms with Gasteiger partial charge in [-0.3, -0.25) is 14.9 Å². The lowest BCUT2D eigenvalue weighted by molar-refractivity contribution is -0.387. The van der Waals surface area contributed by atoms with E-state index in [1.54, 1.807) is 6.92 Å². The van der Waals surface area contributed by atoms with Crippen molar-refractivity contribution in [2.75, 3.05) is 5.84 Å². The monoisotopic (exact) mass is 294 g/mol. The maximum absolute atomic E-state index is 11.0. The molecule has 0 radical (unpaired) electrons. The Labute approximate surface area is 117 Å². The van der Waals surface area contributed by atoms with Crippen LogP contribution in [0.25, 0.3) is 0 Å². The van der Waals surface area contributed by atoms with Gasteiger partial charge in [0.1, 0.15) is 5.82 Å². The second-order valence-electron chi connectivity index (χ2n) is 3.81. The summed E-state index contributed by atoms with van der Waals surface area (Å²) in [5, 5.41) is 18.9. The van der Waals surface area contributed by atoms with E-state index < -0.39 is 10.8 Å². The number of amides is 1. The number of nitro benzene ring substituents is 1. The summed E-state index contributed by atoms with van der Waals surface area (Å²) in [6.07, 6.45) is 0. The fourth-order valence-corrected chi connectivity index (χ4v) is 2.30. The highest BCUT2D eigenvalue weighted by molar-refractivity contribution is 7.99. The summed E-state index contributed by atoms with van der Waals surface area (Å²) in [5.74, 6) is 5.42. The second-order valence-corrected chi connectivity index (χ2v) is 4.81. The molecule has 4 N–H and O–H groups in total. The van der Waals surface area contributed by atoms with Gasteiger partial charge in [-0.25, -0.2) is 4.68 Å². The Balaban J connectivity index is 2.43. The van der Waals surface area contributed by atoms with Gasteiger partial charge in [0, 0.05) is 11.6 Å². The van der Waals surface area contributed by atoms with Crippen molar-refractivity contribution in [2.24, 2.45) is 5.73 Å². The molecule has 1 amide bonds. The number of carbonyl (C=O) groups excluding carboxylic acids is 1. The molecule has 0 saturated carbocycles. The molecular weight excluding hydrogens is 284 g/mol. The molecule has 20 heavy (non-hydrogen) atoms. The minimum atomic E-state index is -0.734. The van der Waals surface area contributed by atoms with Crippen LogP contribution in [0.2, 0.25) is 0 Å². The summed E-state index contributed by atoms with van der Waals surface area (Å²) in [6, 6.07) is 3.95. The van der Waals surface area contributed by atoms with E-state index >= 15 is 0 Å². The molecule has 0 saturated heterocycles. The molecule has 10 heteroatoms. The third-order valence-corrected chi connectivity index (χ3v) is 3.50. The lowest BCUT2D eigenvalue weighted by Crippen LogP contribution is -2.12. The van der Waals surface area contributed by atoms with E-state index in [9.17, 15) is 14.9 Å². The van der Waals surface area contributed by atoms with E-state index in [-0.39, 0.29) is 11.3 Å². The van der Waals surface area contributed by atoms with E-state index in [0.29, 0.717) is 15.9 Å². The zero-order chi connectivity index (χ0) is 14.9. The Hall–Kier alpha value is -2.62. The molecule has 0 aliphatic rings. The first-order valence-electron chi connectivity index (χ1n) is 5.33. The first-order valence-corrected chi connectivity index (χ1v) is 6.15. The van der Waals surface area contributed by atoms with Gasteiger partial charge in [0.05, 0.1) is 9.82 Å². The van der Waals surface area contributed by atoms with Gasteiger partial charge < -0.3 is 11.6 Å². The topological polar surface area (TPSA) is 143 Å². The van der Waals surface area contributed by atoms with Gasteiger partial charge in [-0.1, -0.05) is 0 Å². The normalized spacial score (nSPS) is 10.4. The molecule has 0 atom stereocenters. The summed E-state index contributed by atoms with van der Waals surface area (Å²) >= 11 is 0.981. The lowest BCUT2D eigenvalue weighted by atomic mass is 10.2. The maximum Gasteiger partial charge on any atom is 0.284 e. The zero-order valence-electron chi connectivity index (χ0n) is 10.3. The number of benzene rings is 1. The van der Waals surface area contributed by atoms with Crippen LogP contribution in [0.15, 0.2) is 28.3 Å². The van der Waals surface area contributed by atoms with Gasteiger partial charge in [0.2, 0.25) is 11.1 Å². The molecule has 0 unspecified atom stereocenters. The summed E-state index contributed by atoms with van der Waals surface area (Å²) < 4.78 is 1.22. The van der Waals surface area contributed by atoms with Crippen LogP contribution in [0.4, 0.5) is 5.69 Å². The molecule has 0 aliphatic carbocycles. The Bertz CT molecular complexity index is 698. The van der Waals surface area contributed by atoms with Crippen molar-refractivity contribution < 1.29 is 9.72 Å². The van der Waals surface area contributed by atoms with E-state index in [2.05, 4.69) is 10.2 Å². The molecule has 104 valence electrons. The molecule has 2 rings (SSSR count). The number of hydrogen-bond donors (Lipinski definition) is 2. The van der Waals surface area contributed by atoms with Gasteiger partial charge in [0.15, 0.2) is 0 Å². The van der Waals surface area contributed by atoms with Crippen molar-refractivity contribution in [1.29, 1.82) is 0 Å². The molecule has 0 bridgehead atoms. The number of rotatable bonds is 4. The number of nitrogens with two attached hydrogens (primary N) is 2. The minimum absolute atomic E-state index is 0.0615. The van der Waals surface area contributed by atoms with Gasteiger partial charge in [-0.05, 0) is 30.8 Å². The molecule has 1 aromatic heterocycles. The van der Waals surface area contributed by atoms with Crippen molar-refractivity contribution in [3.63, 3.8) is 0 Å². The van der Waals surface area contributed by atoms with Crippen LogP contribution in [-0.4, -0.2) is 25.7 Å². The Morgan fingerprint density at radius 1 is 1.45 bits per heavy atom. The number of aryl methyl sites for hydroxylation is 1. The number of aromatic nitrogens is 3. The quantitative estimate of drug-likeness (QED) is 0.473. The van der Waals surface area contributed by atoms with Gasteiger partial charge in [-0.15, -0.1) is 10.2 Å². The molecule has 1 aromatic carbocycles. The fraction of sp³-hybridized carbons (Fsp3) is 0.100. The van der Waals surface area contributed by atoms with E-state index in [1.807, 2.05) is 0 Å². The van der Waals surface area contributed by atoms with Crippen LogP contribution in [-0.2, 0) is 0 Å². The summed E-state index contributed by atoms with van der Waals surface area (Å²) in [6.45, 7) is 1.65. The average molecular weight is 294 g/mol. The molecule has 0 fully saturated rings. The maximum atomic E-state index is 11.0. The van der Waals surface area contributed by atoms with Crippen LogP contribution in [0, 0.1) is 17.0 Å². The fourth-order valence-electron chi connectivity index (χ4n) is 1.42. The smallest absolute Gasteiger partial charge is 0.284 e. The van der Waals surface area contributed by atoms with Crippen LogP contribution in [0.1, 0.15) is 16.2 Å². The first-order chi connectivity index (χ1) is 9.40. The highest BCUT2D eigenvalue weighted by atomic mass is 32.2. The SMILES string of the molecule is Cc1nnc(Sc2ccc(C(N)=O)cc2[N+](=O)[O-])n1N. The number of nitro groups is 1. The third kappa shape index (κ3) is 2.54. The zero-order valence-corrected chi connectivity index (χ0v) is 11.1. The van der Waals surface area contributed by atoms with Crippen molar-refractivity contribution in [1.82, 2.24) is 14.9 Å². The lowest BCUT2D eigenvalue weighted by Gasteiger charge is -2.04. The first kappa shape index (κ1) is 13.8. The Kier molecular flexibility index (Phi) is 3.57. The van der Waals surface area contributed by atoms with Crippen molar-refractivity contribution in [3.05, 3.63) is 39.7 Å². The number of primary amides is 1. The van der Waals surface area contributed by atoms with Gasteiger partial charge in [0.25, 0.3) is 5.69 Å². The number of nitrogens with zero attached hydrogens (tertiary/aromatic N) is 4. The second kappa shape index (κ2) is 5.17. The molecule has 0 spiro atoms. The highest BCUT2D eigenvalue weighted by Crippen LogP contribution is 2.34. The molecule has 2 aromatic rings. The van der Waals surface area contributed by atoms with E-state index in [4.69, 9.17) is 11.6 Å². The number of carbonyl (C=O) groups is 1. The van der Waals surface area contributed by atoms with E-state index in [1.165, 1.54) is 16.8 Å². The molecular formula is C10H10N6O3S. The Morgan fingerprint density at radius 2 is 2.15 bits per heavy atom. The predicted octanol–water partition coefficient (Wildman–Crippen LogP) is 0.459. The largest absolute Gasteiger partial charge is 0.366 e. The number of nitrogen functional groups attached to an aromatic ring is 1. The van der Waals surface area contributed by atoms with Crippen LogP contribution < -0.4 is 11.6 Å². The van der Waals surface area contributed by atoms with Crippen LogP contribution in [0.3, 0.4) is 0 Å². The molecule has 0 aliphatic heterocycles. The standard InChI is InChI=1S/C10H10N6O3S/c1-5-13-14-10(15(5)12)20-8-3-2-6(9(11)17)4-7(8)16(18)19/h2-4H,12H2,1H3,(H2,11,17). The van der Waals surface area contributed by atoms with Gasteiger partial charge >= 0.3 is 0 Å². The summed E-state index contributed by atoms with van der Waals surface area (Å²) in [4.78, 5) is 21.8. The van der Waals surface area contributed by atoms with Crippen LogP contribution in [0.5, 0.6) is 0 Å². The van der Waals surface area contributed by atoms with Crippen molar-refractivity contribution in [3.8, 4) is 0 Å². The minimum Gasteiger partial charge on any atom is -0.366 e. The summed E-state index contributed by atoms with van der Waals surface area (Å²) in [5.41, 5.74) is 4.92. The van der Waals surface area contributed by atoms with Gasteiger partial charge in [-0.2, -0.15) is 0 Å².